The van der Waals surface area contributed by atoms with Crippen LogP contribution in [0, 0.1) is 0 Å². The molecule has 0 spiro atoms. The average molecular weight is 319 g/mol. The van der Waals surface area contributed by atoms with E-state index in [4.69, 9.17) is 5.11 Å². The standard InChI is InChI=1S/C15H17N3O3S/c1-15(2,14(20)21)18-9-11(8-16-18)17-13(19)10-22-12-6-4-3-5-7-12/h3-9H,10H2,1-2H3,(H,17,19)(H,20,21). The number of carbonyl (C=O) groups excluding carboxylic acids is 1. The van der Waals surface area contributed by atoms with E-state index in [1.807, 2.05) is 30.3 Å². The molecule has 1 aromatic heterocycles. The van der Waals surface area contributed by atoms with Crippen LogP contribution < -0.4 is 5.32 Å². The van der Waals surface area contributed by atoms with Crippen LogP contribution in [0.1, 0.15) is 13.8 Å². The van der Waals surface area contributed by atoms with Crippen molar-refractivity contribution >= 4 is 29.3 Å². The number of anilines is 1. The van der Waals surface area contributed by atoms with Gasteiger partial charge in [0.25, 0.3) is 0 Å². The summed E-state index contributed by atoms with van der Waals surface area (Å²) in [5, 5.41) is 15.8. The summed E-state index contributed by atoms with van der Waals surface area (Å²) in [5.41, 5.74) is -0.685. The van der Waals surface area contributed by atoms with Crippen molar-refractivity contribution in [1.29, 1.82) is 0 Å². The van der Waals surface area contributed by atoms with Gasteiger partial charge in [-0.2, -0.15) is 5.10 Å². The second-order valence-corrected chi connectivity index (χ2v) is 6.24. The van der Waals surface area contributed by atoms with Gasteiger partial charge in [0, 0.05) is 11.1 Å². The summed E-state index contributed by atoms with van der Waals surface area (Å²) in [6.07, 6.45) is 2.95. The maximum absolute atomic E-state index is 11.9. The number of rotatable bonds is 6. The predicted octanol–water partition coefficient (Wildman–Crippen LogP) is 2.43. The zero-order valence-corrected chi connectivity index (χ0v) is 13.1. The number of hydrogen-bond acceptors (Lipinski definition) is 4. The van der Waals surface area contributed by atoms with Gasteiger partial charge in [-0.25, -0.2) is 4.79 Å². The van der Waals surface area contributed by atoms with Crippen molar-refractivity contribution in [3.8, 4) is 0 Å². The van der Waals surface area contributed by atoms with Crippen LogP contribution in [-0.4, -0.2) is 32.5 Å². The Hall–Kier alpha value is -2.28. The summed E-state index contributed by atoms with van der Waals surface area (Å²) in [5.74, 6) is -0.882. The maximum atomic E-state index is 11.9. The van der Waals surface area contributed by atoms with Gasteiger partial charge in [-0.1, -0.05) is 18.2 Å². The molecule has 2 N–H and O–H groups in total. The summed E-state index contributed by atoms with van der Waals surface area (Å²) in [6, 6.07) is 9.62. The summed E-state index contributed by atoms with van der Waals surface area (Å²) in [7, 11) is 0. The molecule has 1 aromatic carbocycles. The third-order valence-corrected chi connectivity index (χ3v) is 4.09. The third kappa shape index (κ3) is 3.88. The van der Waals surface area contributed by atoms with Crippen molar-refractivity contribution in [1.82, 2.24) is 9.78 Å². The van der Waals surface area contributed by atoms with Crippen molar-refractivity contribution in [3.63, 3.8) is 0 Å². The van der Waals surface area contributed by atoms with Crippen LogP contribution in [0.15, 0.2) is 47.6 Å². The van der Waals surface area contributed by atoms with Crippen LogP contribution in [0.3, 0.4) is 0 Å². The normalized spacial score (nSPS) is 11.2. The van der Waals surface area contributed by atoms with Gasteiger partial charge in [0.15, 0.2) is 5.54 Å². The highest BCUT2D eigenvalue weighted by molar-refractivity contribution is 8.00. The Labute approximate surface area is 132 Å². The highest BCUT2D eigenvalue weighted by atomic mass is 32.2. The molecular formula is C15H17N3O3S. The topological polar surface area (TPSA) is 84.2 Å². The van der Waals surface area contributed by atoms with Gasteiger partial charge in [0.1, 0.15) is 0 Å². The molecule has 0 fully saturated rings. The fraction of sp³-hybridized carbons (Fsp3) is 0.267. The molecule has 0 aliphatic rings. The van der Waals surface area contributed by atoms with E-state index in [1.54, 1.807) is 13.8 Å². The van der Waals surface area contributed by atoms with Crippen molar-refractivity contribution < 1.29 is 14.7 Å². The molecule has 0 aliphatic carbocycles. The van der Waals surface area contributed by atoms with E-state index in [0.29, 0.717) is 5.69 Å². The largest absolute Gasteiger partial charge is 0.479 e. The summed E-state index contributed by atoms with van der Waals surface area (Å²) in [4.78, 5) is 24.1. The Morgan fingerprint density at radius 2 is 2.00 bits per heavy atom. The lowest BCUT2D eigenvalue weighted by Gasteiger charge is -2.19. The first kappa shape index (κ1) is 16.1. The Morgan fingerprint density at radius 3 is 2.64 bits per heavy atom. The zero-order valence-electron chi connectivity index (χ0n) is 12.3. The summed E-state index contributed by atoms with van der Waals surface area (Å²) in [6.45, 7) is 3.08. The molecule has 22 heavy (non-hydrogen) atoms. The number of aromatic nitrogens is 2. The van der Waals surface area contributed by atoms with Gasteiger partial charge in [-0.05, 0) is 26.0 Å². The van der Waals surface area contributed by atoms with Crippen LogP contribution in [0.5, 0.6) is 0 Å². The molecule has 116 valence electrons. The Bertz CT molecular complexity index is 668. The molecule has 0 bridgehead atoms. The van der Waals surface area contributed by atoms with Gasteiger partial charge in [0.05, 0.1) is 17.6 Å². The second-order valence-electron chi connectivity index (χ2n) is 5.19. The second kappa shape index (κ2) is 6.65. The van der Waals surface area contributed by atoms with E-state index in [1.165, 1.54) is 28.8 Å². The molecule has 6 nitrogen and oxygen atoms in total. The van der Waals surface area contributed by atoms with Gasteiger partial charge < -0.3 is 10.4 Å². The Morgan fingerprint density at radius 1 is 1.32 bits per heavy atom. The van der Waals surface area contributed by atoms with E-state index in [0.717, 1.165) is 4.90 Å². The molecule has 1 heterocycles. The van der Waals surface area contributed by atoms with E-state index in [9.17, 15) is 9.59 Å². The number of hydrogen-bond donors (Lipinski definition) is 2. The zero-order chi connectivity index (χ0) is 16.2. The minimum Gasteiger partial charge on any atom is -0.479 e. The van der Waals surface area contributed by atoms with Crippen molar-refractivity contribution in [2.45, 2.75) is 24.3 Å². The number of carbonyl (C=O) groups is 2. The first-order chi connectivity index (χ1) is 10.4. The van der Waals surface area contributed by atoms with Crippen LogP contribution in [0.2, 0.25) is 0 Å². The number of thioether (sulfide) groups is 1. The number of amides is 1. The SMILES string of the molecule is CC(C)(C(=O)O)n1cc(NC(=O)CSc2ccccc2)cn1. The number of aliphatic carboxylic acids is 1. The minimum absolute atomic E-state index is 0.165. The van der Waals surface area contributed by atoms with Crippen LogP contribution in [0.4, 0.5) is 5.69 Å². The third-order valence-electron chi connectivity index (χ3n) is 3.08. The molecule has 1 amide bonds. The van der Waals surface area contributed by atoms with Gasteiger partial charge >= 0.3 is 5.97 Å². The fourth-order valence-corrected chi connectivity index (χ4v) is 2.37. The molecule has 2 rings (SSSR count). The van der Waals surface area contributed by atoms with Crippen LogP contribution >= 0.6 is 11.8 Å². The van der Waals surface area contributed by atoms with Gasteiger partial charge in [-0.3, -0.25) is 9.48 Å². The van der Waals surface area contributed by atoms with Gasteiger partial charge in [-0.15, -0.1) is 11.8 Å². The quantitative estimate of drug-likeness (QED) is 0.799. The lowest BCUT2D eigenvalue weighted by molar-refractivity contribution is -0.146. The van der Waals surface area contributed by atoms with E-state index < -0.39 is 11.5 Å². The Balaban J connectivity index is 1.93. The fourth-order valence-electron chi connectivity index (χ4n) is 1.65. The van der Waals surface area contributed by atoms with Crippen LogP contribution in [0.25, 0.3) is 0 Å². The minimum atomic E-state index is -1.16. The molecule has 0 unspecified atom stereocenters. The lowest BCUT2D eigenvalue weighted by atomic mass is 10.1. The average Bonchev–Trinajstić information content (AvgIpc) is 2.95. The number of nitrogens with zero attached hydrogens (tertiary/aromatic N) is 2. The van der Waals surface area contributed by atoms with E-state index in [-0.39, 0.29) is 11.7 Å². The molecule has 2 aromatic rings. The number of benzene rings is 1. The smallest absolute Gasteiger partial charge is 0.331 e. The van der Waals surface area contributed by atoms with Crippen molar-refractivity contribution in [2.75, 3.05) is 11.1 Å². The number of carboxylic acids is 1. The first-order valence-corrected chi connectivity index (χ1v) is 7.64. The van der Waals surface area contributed by atoms with E-state index in [2.05, 4.69) is 10.4 Å². The first-order valence-electron chi connectivity index (χ1n) is 6.66. The highest BCUT2D eigenvalue weighted by Gasteiger charge is 2.30. The summed E-state index contributed by atoms with van der Waals surface area (Å²) >= 11 is 1.43. The molecule has 7 heteroatoms. The molecule has 0 saturated carbocycles. The van der Waals surface area contributed by atoms with E-state index >= 15 is 0 Å². The monoisotopic (exact) mass is 319 g/mol. The van der Waals surface area contributed by atoms with Crippen LogP contribution in [-0.2, 0) is 15.1 Å². The molecule has 0 radical (unpaired) electrons. The predicted molar refractivity (Wildman–Crippen MR) is 85.0 cm³/mol. The highest BCUT2D eigenvalue weighted by Crippen LogP contribution is 2.19. The number of nitrogens with one attached hydrogen (secondary N) is 1. The van der Waals surface area contributed by atoms with Crippen molar-refractivity contribution in [3.05, 3.63) is 42.7 Å². The summed E-state index contributed by atoms with van der Waals surface area (Å²) < 4.78 is 1.31. The molecular weight excluding hydrogens is 302 g/mol. The Kier molecular flexibility index (Phi) is 4.87. The lowest BCUT2D eigenvalue weighted by Crippen LogP contribution is -2.35. The molecule has 0 atom stereocenters. The van der Waals surface area contributed by atoms with Gasteiger partial charge in [0.2, 0.25) is 5.91 Å². The number of carboxylic acid groups (broad SMARTS) is 1. The van der Waals surface area contributed by atoms with Crippen molar-refractivity contribution in [2.24, 2.45) is 0 Å². The maximum Gasteiger partial charge on any atom is 0.331 e. The molecule has 0 saturated heterocycles. The molecule has 0 aliphatic heterocycles.